The third-order valence-electron chi connectivity index (χ3n) is 1.64. The number of thiocarbonyl (C=S) groups is 1. The van der Waals surface area contributed by atoms with Crippen molar-refractivity contribution < 1.29 is 18.3 Å². The van der Waals surface area contributed by atoms with Crippen LogP contribution >= 0.6 is 12.2 Å². The lowest BCUT2D eigenvalue weighted by atomic mass is 10.2. The predicted molar refractivity (Wildman–Crippen MR) is 60.5 cm³/mol. The molecule has 1 amide bonds. The number of hydrogen-bond acceptors (Lipinski definition) is 3. The largest absolute Gasteiger partial charge is 0.435 e. The summed E-state index contributed by atoms with van der Waals surface area (Å²) in [6, 6.07) is 5.16. The van der Waals surface area contributed by atoms with Crippen molar-refractivity contribution in [3.63, 3.8) is 0 Å². The number of nitrogens with one attached hydrogen (secondary N) is 2. The second kappa shape index (κ2) is 5.94. The molecule has 8 heteroatoms. The number of hydrogen-bond donors (Lipinski definition) is 3. The lowest BCUT2D eigenvalue weighted by molar-refractivity contribution is -0.0498. The molecule has 0 fully saturated rings. The molecule has 1 rings (SSSR count). The zero-order chi connectivity index (χ0) is 12.8. The highest BCUT2D eigenvalue weighted by Gasteiger charge is 2.07. The van der Waals surface area contributed by atoms with E-state index >= 15 is 0 Å². The number of ether oxygens (including phenoxy) is 1. The molecule has 1 aromatic carbocycles. The average molecular weight is 261 g/mol. The van der Waals surface area contributed by atoms with Gasteiger partial charge in [0.05, 0.1) is 0 Å². The molecule has 17 heavy (non-hydrogen) atoms. The Morgan fingerprint density at radius 3 is 2.35 bits per heavy atom. The normalized spacial score (nSPS) is 9.82. The van der Waals surface area contributed by atoms with Gasteiger partial charge in [0, 0.05) is 5.56 Å². The smallest absolute Gasteiger partial charge is 0.387 e. The molecule has 0 aliphatic carbocycles. The number of hydrazine groups is 1. The van der Waals surface area contributed by atoms with Crippen LogP contribution in [0.4, 0.5) is 8.78 Å². The van der Waals surface area contributed by atoms with Gasteiger partial charge in [0.2, 0.25) is 0 Å². The summed E-state index contributed by atoms with van der Waals surface area (Å²) in [5, 5.41) is -0.0870. The van der Waals surface area contributed by atoms with Crippen molar-refractivity contribution in [1.82, 2.24) is 10.9 Å². The van der Waals surface area contributed by atoms with Crippen molar-refractivity contribution in [1.29, 1.82) is 0 Å². The first-order valence-corrected chi connectivity index (χ1v) is 4.80. The van der Waals surface area contributed by atoms with Gasteiger partial charge >= 0.3 is 6.61 Å². The fourth-order valence-corrected chi connectivity index (χ4v) is 1.03. The van der Waals surface area contributed by atoms with Crippen LogP contribution in [0.3, 0.4) is 0 Å². The van der Waals surface area contributed by atoms with Gasteiger partial charge in [-0.15, -0.1) is 0 Å². The number of halogens is 2. The first kappa shape index (κ1) is 13.1. The maximum absolute atomic E-state index is 11.8. The van der Waals surface area contributed by atoms with Crippen molar-refractivity contribution in [2.24, 2.45) is 5.73 Å². The summed E-state index contributed by atoms with van der Waals surface area (Å²) in [7, 11) is 0. The number of carbonyl (C=O) groups is 1. The zero-order valence-corrected chi connectivity index (χ0v) is 9.26. The highest BCUT2D eigenvalue weighted by atomic mass is 32.1. The molecular formula is C9H9F2N3O2S. The van der Waals surface area contributed by atoms with Crippen LogP contribution in [0.25, 0.3) is 0 Å². The van der Waals surface area contributed by atoms with Crippen molar-refractivity contribution in [2.75, 3.05) is 0 Å². The van der Waals surface area contributed by atoms with Crippen LogP contribution in [0.2, 0.25) is 0 Å². The van der Waals surface area contributed by atoms with Crippen LogP contribution in [0, 0.1) is 0 Å². The third kappa shape index (κ3) is 4.60. The molecule has 0 atom stereocenters. The summed E-state index contributed by atoms with van der Waals surface area (Å²) in [6.45, 7) is -2.90. The van der Waals surface area contributed by atoms with Crippen molar-refractivity contribution >= 4 is 23.2 Å². The summed E-state index contributed by atoms with van der Waals surface area (Å²) in [4.78, 5) is 11.4. The minimum absolute atomic E-state index is 0.0288. The van der Waals surface area contributed by atoms with Gasteiger partial charge in [-0.3, -0.25) is 15.6 Å². The molecule has 0 heterocycles. The maximum Gasteiger partial charge on any atom is 0.387 e. The van der Waals surface area contributed by atoms with Crippen LogP contribution < -0.4 is 21.3 Å². The summed E-state index contributed by atoms with van der Waals surface area (Å²) < 4.78 is 27.8. The predicted octanol–water partition coefficient (Wildman–Crippen LogP) is 0.766. The van der Waals surface area contributed by atoms with E-state index in [0.29, 0.717) is 0 Å². The van der Waals surface area contributed by atoms with Gasteiger partial charge in [-0.2, -0.15) is 8.78 Å². The SMILES string of the molecule is NC(=S)NNC(=O)c1ccc(OC(F)F)cc1. The molecule has 5 nitrogen and oxygen atoms in total. The van der Waals surface area contributed by atoms with E-state index in [9.17, 15) is 13.6 Å². The molecule has 0 aliphatic rings. The van der Waals surface area contributed by atoms with E-state index in [-0.39, 0.29) is 16.4 Å². The molecule has 0 aromatic heterocycles. The highest BCUT2D eigenvalue weighted by Crippen LogP contribution is 2.14. The summed E-state index contributed by atoms with van der Waals surface area (Å²) in [6.07, 6.45) is 0. The van der Waals surface area contributed by atoms with Gasteiger partial charge in [0.1, 0.15) is 5.75 Å². The van der Waals surface area contributed by atoms with Crippen LogP contribution in [0.15, 0.2) is 24.3 Å². The topological polar surface area (TPSA) is 76.4 Å². The quantitative estimate of drug-likeness (QED) is 0.553. The highest BCUT2D eigenvalue weighted by molar-refractivity contribution is 7.80. The maximum atomic E-state index is 11.8. The van der Waals surface area contributed by atoms with Gasteiger partial charge in [-0.1, -0.05) is 0 Å². The Morgan fingerprint density at radius 2 is 1.88 bits per heavy atom. The zero-order valence-electron chi connectivity index (χ0n) is 8.44. The summed E-state index contributed by atoms with van der Waals surface area (Å²) in [5.41, 5.74) is 9.81. The Bertz CT molecular complexity index is 411. The molecule has 0 unspecified atom stereocenters. The minimum Gasteiger partial charge on any atom is -0.435 e. The molecule has 92 valence electrons. The molecule has 0 spiro atoms. The van der Waals surface area contributed by atoms with Gasteiger partial charge < -0.3 is 10.5 Å². The molecular weight excluding hydrogens is 252 g/mol. The summed E-state index contributed by atoms with van der Waals surface area (Å²) in [5.74, 6) is -0.528. The van der Waals surface area contributed by atoms with Crippen molar-refractivity contribution in [2.45, 2.75) is 6.61 Å². The monoisotopic (exact) mass is 261 g/mol. The van der Waals surface area contributed by atoms with E-state index in [0.717, 1.165) is 0 Å². The molecule has 0 saturated carbocycles. The van der Waals surface area contributed by atoms with Crippen LogP contribution in [0.1, 0.15) is 10.4 Å². The van der Waals surface area contributed by atoms with E-state index in [1.807, 2.05) is 0 Å². The first-order chi connectivity index (χ1) is 7.99. The second-order valence-electron chi connectivity index (χ2n) is 2.85. The van der Waals surface area contributed by atoms with Crippen molar-refractivity contribution in [3.8, 4) is 5.75 Å². The van der Waals surface area contributed by atoms with E-state index in [1.165, 1.54) is 24.3 Å². The van der Waals surface area contributed by atoms with E-state index in [2.05, 4.69) is 27.8 Å². The average Bonchev–Trinajstić information content (AvgIpc) is 2.26. The van der Waals surface area contributed by atoms with E-state index in [1.54, 1.807) is 0 Å². The molecule has 0 bridgehead atoms. The lowest BCUT2D eigenvalue weighted by Crippen LogP contribution is -2.44. The number of carbonyl (C=O) groups excluding carboxylic acids is 1. The Hall–Kier alpha value is -1.96. The van der Waals surface area contributed by atoms with Crippen LogP contribution in [-0.4, -0.2) is 17.6 Å². The first-order valence-electron chi connectivity index (χ1n) is 4.39. The molecule has 0 aliphatic heterocycles. The number of alkyl halides is 2. The molecule has 4 N–H and O–H groups in total. The van der Waals surface area contributed by atoms with Crippen LogP contribution in [0.5, 0.6) is 5.75 Å². The van der Waals surface area contributed by atoms with Crippen LogP contribution in [-0.2, 0) is 0 Å². The van der Waals surface area contributed by atoms with Gasteiger partial charge in [0.25, 0.3) is 5.91 Å². The minimum atomic E-state index is -2.90. The Labute approximate surface area is 101 Å². The van der Waals surface area contributed by atoms with Crippen molar-refractivity contribution in [3.05, 3.63) is 29.8 Å². The number of amides is 1. The fourth-order valence-electron chi connectivity index (χ4n) is 0.978. The fraction of sp³-hybridized carbons (Fsp3) is 0.111. The van der Waals surface area contributed by atoms with Gasteiger partial charge in [-0.25, -0.2) is 0 Å². The molecule has 0 radical (unpaired) electrons. The van der Waals surface area contributed by atoms with E-state index in [4.69, 9.17) is 5.73 Å². The standard InChI is InChI=1S/C9H9F2N3O2S/c10-8(11)16-6-3-1-5(2-4-6)7(15)13-14-9(12)17/h1-4,8H,(H,13,15)(H3,12,14,17). The van der Waals surface area contributed by atoms with E-state index < -0.39 is 12.5 Å². The number of benzene rings is 1. The Kier molecular flexibility index (Phi) is 4.58. The Morgan fingerprint density at radius 1 is 1.29 bits per heavy atom. The number of rotatable bonds is 3. The Balaban J connectivity index is 2.60. The van der Waals surface area contributed by atoms with Gasteiger partial charge in [0.15, 0.2) is 5.11 Å². The molecule has 1 aromatic rings. The number of nitrogens with two attached hydrogens (primary N) is 1. The summed E-state index contributed by atoms with van der Waals surface area (Å²) >= 11 is 4.48. The van der Waals surface area contributed by atoms with Gasteiger partial charge in [-0.05, 0) is 36.5 Å². The second-order valence-corrected chi connectivity index (χ2v) is 3.29. The molecule has 0 saturated heterocycles. The lowest BCUT2D eigenvalue weighted by Gasteiger charge is -2.07. The third-order valence-corrected chi connectivity index (χ3v) is 1.74.